The number of carbonyl (C=O) groups excluding carboxylic acids is 1. The molecule has 1 N–H and O–H groups in total. The summed E-state index contributed by atoms with van der Waals surface area (Å²) in [5.41, 5.74) is 1.93. The van der Waals surface area contributed by atoms with Crippen LogP contribution in [0.2, 0.25) is 0 Å². The summed E-state index contributed by atoms with van der Waals surface area (Å²) < 4.78 is 12.3. The standard InChI is InChI=1S/C20H28N6O3/c1-21-20(22-12-16-4-6-18(7-5-16)29-11-10-28-3)25-8-9-26(19(27)15-25)17-13-23-24(2)14-17/h4-7,13-14H,8-12,15H2,1-3H3,(H,21,22). The quantitative estimate of drug-likeness (QED) is 0.422. The molecule has 2 aromatic rings. The lowest BCUT2D eigenvalue weighted by molar-refractivity contribution is -0.120. The van der Waals surface area contributed by atoms with Gasteiger partial charge in [-0.15, -0.1) is 0 Å². The summed E-state index contributed by atoms with van der Waals surface area (Å²) in [6, 6.07) is 7.89. The van der Waals surface area contributed by atoms with Crippen molar-refractivity contribution in [3.63, 3.8) is 0 Å². The minimum Gasteiger partial charge on any atom is -0.491 e. The number of benzene rings is 1. The van der Waals surface area contributed by atoms with Gasteiger partial charge in [-0.1, -0.05) is 12.1 Å². The van der Waals surface area contributed by atoms with Crippen molar-refractivity contribution in [2.45, 2.75) is 6.54 Å². The highest BCUT2D eigenvalue weighted by Gasteiger charge is 2.27. The van der Waals surface area contributed by atoms with E-state index in [1.807, 2.05) is 42.4 Å². The number of aliphatic imine (C=N–C) groups is 1. The van der Waals surface area contributed by atoms with Crippen LogP contribution in [-0.4, -0.2) is 73.6 Å². The number of guanidine groups is 1. The average molecular weight is 400 g/mol. The summed E-state index contributed by atoms with van der Waals surface area (Å²) in [6.45, 7) is 3.28. The molecular formula is C20H28N6O3. The number of rotatable bonds is 7. The highest BCUT2D eigenvalue weighted by Crippen LogP contribution is 2.16. The van der Waals surface area contributed by atoms with E-state index in [0.717, 1.165) is 17.0 Å². The lowest BCUT2D eigenvalue weighted by atomic mass is 10.2. The van der Waals surface area contributed by atoms with E-state index in [1.54, 1.807) is 29.9 Å². The topological polar surface area (TPSA) is 84.2 Å². The molecule has 0 saturated carbocycles. The number of nitrogens with zero attached hydrogens (tertiary/aromatic N) is 5. The molecule has 0 spiro atoms. The fraction of sp³-hybridized carbons (Fsp3) is 0.450. The van der Waals surface area contributed by atoms with E-state index in [9.17, 15) is 4.79 Å². The van der Waals surface area contributed by atoms with E-state index in [-0.39, 0.29) is 12.5 Å². The van der Waals surface area contributed by atoms with E-state index in [2.05, 4.69) is 15.4 Å². The van der Waals surface area contributed by atoms with Crippen LogP contribution in [-0.2, 0) is 23.1 Å². The van der Waals surface area contributed by atoms with Gasteiger partial charge in [-0.05, 0) is 17.7 Å². The molecular weight excluding hydrogens is 372 g/mol. The van der Waals surface area contributed by atoms with Crippen LogP contribution in [0.25, 0.3) is 0 Å². The molecule has 29 heavy (non-hydrogen) atoms. The second-order valence-corrected chi connectivity index (χ2v) is 6.73. The van der Waals surface area contributed by atoms with Crippen LogP contribution < -0.4 is 15.0 Å². The van der Waals surface area contributed by atoms with Crippen molar-refractivity contribution in [3.05, 3.63) is 42.2 Å². The molecule has 0 bridgehead atoms. The van der Waals surface area contributed by atoms with Gasteiger partial charge in [0.2, 0.25) is 5.91 Å². The zero-order chi connectivity index (χ0) is 20.6. The minimum atomic E-state index is 0.0322. The number of piperazine rings is 1. The average Bonchev–Trinajstić information content (AvgIpc) is 3.16. The zero-order valence-electron chi connectivity index (χ0n) is 17.2. The molecule has 0 atom stereocenters. The molecule has 0 aliphatic carbocycles. The summed E-state index contributed by atoms with van der Waals surface area (Å²) in [4.78, 5) is 20.7. The summed E-state index contributed by atoms with van der Waals surface area (Å²) in [7, 11) is 5.22. The van der Waals surface area contributed by atoms with Gasteiger partial charge in [0.25, 0.3) is 0 Å². The number of hydrogen-bond donors (Lipinski definition) is 1. The van der Waals surface area contributed by atoms with Crippen molar-refractivity contribution < 1.29 is 14.3 Å². The molecule has 1 aromatic carbocycles. The first kappa shape index (κ1) is 20.7. The normalized spacial score (nSPS) is 15.0. The van der Waals surface area contributed by atoms with Gasteiger partial charge >= 0.3 is 0 Å². The number of ether oxygens (including phenoxy) is 2. The lowest BCUT2D eigenvalue weighted by Gasteiger charge is -2.35. The second-order valence-electron chi connectivity index (χ2n) is 6.73. The number of carbonyl (C=O) groups is 1. The van der Waals surface area contributed by atoms with Crippen LogP contribution in [0.5, 0.6) is 5.75 Å². The van der Waals surface area contributed by atoms with E-state index in [4.69, 9.17) is 9.47 Å². The van der Waals surface area contributed by atoms with Crippen molar-refractivity contribution in [1.82, 2.24) is 20.0 Å². The maximum Gasteiger partial charge on any atom is 0.246 e. The Morgan fingerprint density at radius 3 is 2.66 bits per heavy atom. The molecule has 1 aromatic heterocycles. The number of nitrogens with one attached hydrogen (secondary N) is 1. The van der Waals surface area contributed by atoms with E-state index >= 15 is 0 Å². The number of methoxy groups -OCH3 is 1. The molecule has 9 heteroatoms. The number of hydrogen-bond acceptors (Lipinski definition) is 5. The third-order valence-electron chi connectivity index (χ3n) is 4.67. The first-order chi connectivity index (χ1) is 14.1. The highest BCUT2D eigenvalue weighted by atomic mass is 16.5. The summed E-state index contributed by atoms with van der Waals surface area (Å²) in [5, 5.41) is 7.48. The summed E-state index contributed by atoms with van der Waals surface area (Å²) in [6.07, 6.45) is 3.56. The summed E-state index contributed by atoms with van der Waals surface area (Å²) >= 11 is 0. The Balaban J connectivity index is 1.51. The number of anilines is 1. The van der Waals surface area contributed by atoms with Gasteiger partial charge in [0.05, 0.1) is 18.5 Å². The Kier molecular flexibility index (Phi) is 7.07. The Morgan fingerprint density at radius 2 is 2.03 bits per heavy atom. The fourth-order valence-electron chi connectivity index (χ4n) is 3.13. The van der Waals surface area contributed by atoms with Crippen molar-refractivity contribution in [2.75, 3.05) is 51.9 Å². The smallest absolute Gasteiger partial charge is 0.246 e. The molecule has 0 radical (unpaired) electrons. The predicted molar refractivity (Wildman–Crippen MR) is 111 cm³/mol. The zero-order valence-corrected chi connectivity index (χ0v) is 17.2. The second kappa shape index (κ2) is 9.92. The summed E-state index contributed by atoms with van der Waals surface area (Å²) in [5.74, 6) is 1.56. The predicted octanol–water partition coefficient (Wildman–Crippen LogP) is 0.870. The van der Waals surface area contributed by atoms with Crippen LogP contribution in [0.15, 0.2) is 41.7 Å². The van der Waals surface area contributed by atoms with E-state index in [0.29, 0.717) is 38.8 Å². The largest absolute Gasteiger partial charge is 0.491 e. The van der Waals surface area contributed by atoms with Crippen LogP contribution >= 0.6 is 0 Å². The van der Waals surface area contributed by atoms with Crippen molar-refractivity contribution >= 4 is 17.6 Å². The van der Waals surface area contributed by atoms with Gasteiger partial charge in [-0.25, -0.2) is 0 Å². The highest BCUT2D eigenvalue weighted by molar-refractivity contribution is 5.98. The van der Waals surface area contributed by atoms with Crippen LogP contribution in [0.4, 0.5) is 5.69 Å². The SMILES string of the molecule is CN=C(NCc1ccc(OCCOC)cc1)N1CCN(c2cnn(C)c2)C(=O)C1. The van der Waals surface area contributed by atoms with Gasteiger partial charge in [0, 0.05) is 47.0 Å². The van der Waals surface area contributed by atoms with Gasteiger partial charge in [0.15, 0.2) is 5.96 Å². The third kappa shape index (κ3) is 5.47. The van der Waals surface area contributed by atoms with Gasteiger partial charge < -0.3 is 24.6 Å². The first-order valence-corrected chi connectivity index (χ1v) is 9.56. The van der Waals surface area contributed by atoms with E-state index in [1.165, 1.54) is 0 Å². The molecule has 2 heterocycles. The first-order valence-electron chi connectivity index (χ1n) is 9.56. The van der Waals surface area contributed by atoms with Crippen molar-refractivity contribution in [1.29, 1.82) is 0 Å². The third-order valence-corrected chi connectivity index (χ3v) is 4.67. The molecule has 3 rings (SSSR count). The Morgan fingerprint density at radius 1 is 1.24 bits per heavy atom. The number of amides is 1. The molecule has 1 amide bonds. The molecule has 1 aliphatic rings. The lowest BCUT2D eigenvalue weighted by Crippen LogP contribution is -2.55. The molecule has 1 fully saturated rings. The van der Waals surface area contributed by atoms with Crippen LogP contribution in [0.1, 0.15) is 5.56 Å². The van der Waals surface area contributed by atoms with E-state index < -0.39 is 0 Å². The molecule has 9 nitrogen and oxygen atoms in total. The van der Waals surface area contributed by atoms with Crippen LogP contribution in [0.3, 0.4) is 0 Å². The Hall–Kier alpha value is -3.07. The number of aromatic nitrogens is 2. The Labute approximate surface area is 170 Å². The van der Waals surface area contributed by atoms with Crippen molar-refractivity contribution in [2.24, 2.45) is 12.0 Å². The maximum absolute atomic E-state index is 12.6. The monoisotopic (exact) mass is 400 g/mol. The molecule has 1 aliphatic heterocycles. The molecule has 0 unspecified atom stereocenters. The van der Waals surface area contributed by atoms with Crippen LogP contribution in [0, 0.1) is 0 Å². The molecule has 1 saturated heterocycles. The number of aryl methyl sites for hydroxylation is 1. The fourth-order valence-corrected chi connectivity index (χ4v) is 3.13. The van der Waals surface area contributed by atoms with Gasteiger partial charge in [-0.3, -0.25) is 14.5 Å². The molecule has 156 valence electrons. The van der Waals surface area contributed by atoms with Gasteiger partial charge in [-0.2, -0.15) is 5.10 Å². The maximum atomic E-state index is 12.6. The van der Waals surface area contributed by atoms with Crippen molar-refractivity contribution in [3.8, 4) is 5.75 Å². The Bertz CT molecular complexity index is 833. The minimum absolute atomic E-state index is 0.0322. The van der Waals surface area contributed by atoms with Gasteiger partial charge in [0.1, 0.15) is 18.9 Å².